The topological polar surface area (TPSA) is 77.3 Å². The molecule has 2 heterocycles. The van der Waals surface area contributed by atoms with Gasteiger partial charge in [0.05, 0.1) is 34.1 Å². The van der Waals surface area contributed by atoms with Crippen molar-refractivity contribution in [3.05, 3.63) is 58.4 Å². The van der Waals surface area contributed by atoms with E-state index in [0.717, 1.165) is 24.2 Å². The standard InChI is InChI=1S/C25H29ClN4O2S/c1-33(31,32)14-13-29-25-20-7-4-12-28-23(20)11-10-21(25)24(17-5-2-3-6-17)30(29)19-9-8-18(16-27)22(26)15-19/h4,7-9,12,15,17,21,24-25H,2-3,5-6,10-11,13-14H2,1H3. The molecule has 1 aromatic heterocycles. The number of nitrogens with zero attached hydrogens (tertiary/aromatic N) is 4. The molecular weight excluding hydrogens is 456 g/mol. The van der Waals surface area contributed by atoms with E-state index in [1.807, 2.05) is 24.4 Å². The summed E-state index contributed by atoms with van der Waals surface area (Å²) in [5.74, 6) is 1.02. The summed E-state index contributed by atoms with van der Waals surface area (Å²) in [6.07, 6.45) is 9.98. The number of rotatable bonds is 5. The SMILES string of the molecule is CS(=O)(=O)CCN1C2c3cccnc3CCC2C(C2CCCC2)N1c1ccc(C#N)c(Cl)c1. The van der Waals surface area contributed by atoms with Crippen molar-refractivity contribution in [3.8, 4) is 6.07 Å². The van der Waals surface area contributed by atoms with Crippen molar-refractivity contribution in [3.63, 3.8) is 0 Å². The first kappa shape index (κ1) is 22.6. The van der Waals surface area contributed by atoms with E-state index in [1.165, 1.54) is 37.5 Å². The minimum Gasteiger partial charge on any atom is -0.301 e. The minimum atomic E-state index is -3.14. The van der Waals surface area contributed by atoms with Gasteiger partial charge in [0.2, 0.25) is 0 Å². The minimum absolute atomic E-state index is 0.0870. The number of aryl methyl sites for hydroxylation is 1. The van der Waals surface area contributed by atoms with Gasteiger partial charge in [0, 0.05) is 30.6 Å². The van der Waals surface area contributed by atoms with Crippen molar-refractivity contribution in [2.45, 2.75) is 50.6 Å². The van der Waals surface area contributed by atoms with Crippen LogP contribution in [0.25, 0.3) is 0 Å². The number of nitriles is 1. The molecule has 1 aliphatic heterocycles. The zero-order valence-electron chi connectivity index (χ0n) is 18.8. The van der Waals surface area contributed by atoms with Gasteiger partial charge in [0.15, 0.2) is 0 Å². The Hall–Kier alpha value is -2.14. The van der Waals surface area contributed by atoms with Gasteiger partial charge in [-0.3, -0.25) is 4.98 Å². The summed E-state index contributed by atoms with van der Waals surface area (Å²) < 4.78 is 24.4. The first-order valence-corrected chi connectivity index (χ1v) is 14.2. The molecule has 0 spiro atoms. The van der Waals surface area contributed by atoms with Crippen molar-refractivity contribution < 1.29 is 8.42 Å². The third-order valence-electron chi connectivity index (χ3n) is 7.59. The maximum atomic E-state index is 12.2. The predicted molar refractivity (Wildman–Crippen MR) is 130 cm³/mol. The molecule has 33 heavy (non-hydrogen) atoms. The first-order valence-electron chi connectivity index (χ1n) is 11.7. The monoisotopic (exact) mass is 484 g/mol. The molecule has 2 aromatic rings. The van der Waals surface area contributed by atoms with Crippen LogP contribution in [-0.4, -0.2) is 43.0 Å². The molecule has 2 aliphatic carbocycles. The Bertz CT molecular complexity index is 1190. The highest BCUT2D eigenvalue weighted by Crippen LogP contribution is 2.53. The van der Waals surface area contributed by atoms with Gasteiger partial charge in [-0.1, -0.05) is 30.5 Å². The molecule has 0 radical (unpaired) electrons. The Morgan fingerprint density at radius 1 is 1.21 bits per heavy atom. The summed E-state index contributed by atoms with van der Waals surface area (Å²) in [4.78, 5) is 4.66. The molecule has 5 rings (SSSR count). The fourth-order valence-electron chi connectivity index (χ4n) is 6.26. The number of anilines is 1. The molecule has 3 unspecified atom stereocenters. The van der Waals surface area contributed by atoms with Crippen molar-refractivity contribution in [2.24, 2.45) is 11.8 Å². The molecule has 8 heteroatoms. The van der Waals surface area contributed by atoms with E-state index < -0.39 is 9.84 Å². The fraction of sp³-hybridized carbons (Fsp3) is 0.520. The van der Waals surface area contributed by atoms with Gasteiger partial charge in [-0.15, -0.1) is 0 Å². The average Bonchev–Trinajstić information content (AvgIpc) is 3.43. The molecule has 2 fully saturated rings. The Morgan fingerprint density at radius 3 is 2.70 bits per heavy atom. The number of hydrogen-bond acceptors (Lipinski definition) is 6. The van der Waals surface area contributed by atoms with Crippen LogP contribution in [0.4, 0.5) is 5.69 Å². The van der Waals surface area contributed by atoms with E-state index in [4.69, 9.17) is 11.6 Å². The van der Waals surface area contributed by atoms with Crippen LogP contribution in [0.1, 0.15) is 55.0 Å². The zero-order valence-corrected chi connectivity index (χ0v) is 20.4. The lowest BCUT2D eigenvalue weighted by Crippen LogP contribution is -2.46. The van der Waals surface area contributed by atoms with Crippen molar-refractivity contribution in [1.29, 1.82) is 5.26 Å². The Labute approximate surface area is 201 Å². The van der Waals surface area contributed by atoms with Gasteiger partial charge in [0.25, 0.3) is 0 Å². The van der Waals surface area contributed by atoms with Crippen LogP contribution in [0.5, 0.6) is 0 Å². The van der Waals surface area contributed by atoms with Crippen LogP contribution in [0.15, 0.2) is 36.5 Å². The molecule has 0 amide bonds. The highest BCUT2D eigenvalue weighted by molar-refractivity contribution is 7.90. The number of pyridine rings is 1. The summed E-state index contributed by atoms with van der Waals surface area (Å²) >= 11 is 6.47. The van der Waals surface area contributed by atoms with Crippen LogP contribution < -0.4 is 5.01 Å². The van der Waals surface area contributed by atoms with Crippen molar-refractivity contribution in [2.75, 3.05) is 23.6 Å². The summed E-state index contributed by atoms with van der Waals surface area (Å²) in [5.41, 5.74) is 3.72. The molecule has 1 aromatic carbocycles. The number of halogens is 1. The van der Waals surface area contributed by atoms with Gasteiger partial charge in [-0.05, 0) is 61.4 Å². The molecule has 0 N–H and O–H groups in total. The molecule has 6 nitrogen and oxygen atoms in total. The third-order valence-corrected chi connectivity index (χ3v) is 8.83. The van der Waals surface area contributed by atoms with Gasteiger partial charge in [0.1, 0.15) is 15.9 Å². The lowest BCUT2D eigenvalue weighted by molar-refractivity contribution is 0.209. The number of hydrazine groups is 1. The fourth-order valence-corrected chi connectivity index (χ4v) is 6.99. The number of sulfone groups is 1. The van der Waals surface area contributed by atoms with Gasteiger partial charge in [-0.25, -0.2) is 13.4 Å². The lowest BCUT2D eigenvalue weighted by atomic mass is 9.75. The van der Waals surface area contributed by atoms with E-state index in [0.29, 0.717) is 29.0 Å². The number of hydrogen-bond donors (Lipinski definition) is 0. The van der Waals surface area contributed by atoms with E-state index in [1.54, 1.807) is 6.07 Å². The van der Waals surface area contributed by atoms with Crippen molar-refractivity contribution in [1.82, 2.24) is 9.99 Å². The Balaban J connectivity index is 1.65. The molecule has 1 saturated heterocycles. The van der Waals surface area contributed by atoms with Gasteiger partial charge >= 0.3 is 0 Å². The second-order valence-electron chi connectivity index (χ2n) is 9.64. The number of aromatic nitrogens is 1. The van der Waals surface area contributed by atoms with Crippen molar-refractivity contribution >= 4 is 27.1 Å². The summed E-state index contributed by atoms with van der Waals surface area (Å²) in [6.45, 7) is 0.412. The Morgan fingerprint density at radius 2 is 2.00 bits per heavy atom. The van der Waals surface area contributed by atoms with Gasteiger partial charge in [-0.2, -0.15) is 5.26 Å². The van der Waals surface area contributed by atoms with Crippen LogP contribution in [0.3, 0.4) is 0 Å². The molecule has 174 valence electrons. The predicted octanol–water partition coefficient (Wildman–Crippen LogP) is 4.55. The van der Waals surface area contributed by atoms with Crippen LogP contribution in [-0.2, 0) is 16.3 Å². The molecule has 1 saturated carbocycles. The van der Waals surface area contributed by atoms with E-state index in [9.17, 15) is 13.7 Å². The molecular formula is C25H29ClN4O2S. The van der Waals surface area contributed by atoms with E-state index in [2.05, 4.69) is 27.1 Å². The van der Waals surface area contributed by atoms with E-state index in [-0.39, 0.29) is 17.8 Å². The van der Waals surface area contributed by atoms with Gasteiger partial charge < -0.3 is 5.01 Å². The number of fused-ring (bicyclic) bond motifs is 3. The number of benzene rings is 1. The maximum absolute atomic E-state index is 12.2. The van der Waals surface area contributed by atoms with E-state index >= 15 is 0 Å². The summed E-state index contributed by atoms with van der Waals surface area (Å²) in [7, 11) is -3.14. The lowest BCUT2D eigenvalue weighted by Gasteiger charge is -2.38. The zero-order chi connectivity index (χ0) is 23.2. The third kappa shape index (κ3) is 4.25. The quantitative estimate of drug-likeness (QED) is 0.619. The van der Waals surface area contributed by atoms with Crippen LogP contribution in [0, 0.1) is 23.2 Å². The Kier molecular flexibility index (Phi) is 6.11. The largest absolute Gasteiger partial charge is 0.301 e. The highest BCUT2D eigenvalue weighted by atomic mass is 35.5. The molecule has 0 bridgehead atoms. The highest BCUT2D eigenvalue weighted by Gasteiger charge is 2.53. The first-order chi connectivity index (χ1) is 15.9. The maximum Gasteiger partial charge on any atom is 0.148 e. The second-order valence-corrected chi connectivity index (χ2v) is 12.3. The molecule has 3 aliphatic rings. The smallest absolute Gasteiger partial charge is 0.148 e. The second kappa shape index (κ2) is 8.90. The average molecular weight is 485 g/mol. The summed E-state index contributed by atoms with van der Waals surface area (Å²) in [6, 6.07) is 12.3. The van der Waals surface area contributed by atoms with Crippen LogP contribution in [0.2, 0.25) is 5.02 Å². The molecule has 3 atom stereocenters. The normalized spacial score (nSPS) is 25.6. The summed E-state index contributed by atoms with van der Waals surface area (Å²) in [5, 5.41) is 14.4. The van der Waals surface area contributed by atoms with Crippen LogP contribution >= 0.6 is 11.6 Å².